The Kier molecular flexibility index (Phi) is 8.89. The van der Waals surface area contributed by atoms with Gasteiger partial charge in [-0.25, -0.2) is 0 Å². The Morgan fingerprint density at radius 2 is 1.76 bits per heavy atom. The van der Waals surface area contributed by atoms with Gasteiger partial charge in [0.1, 0.15) is 30.6 Å². The van der Waals surface area contributed by atoms with E-state index in [-0.39, 0.29) is 5.57 Å². The predicted octanol–water partition coefficient (Wildman–Crippen LogP) is 5.77. The molecule has 1 amide bonds. The molecule has 0 aliphatic rings. The van der Waals surface area contributed by atoms with Gasteiger partial charge in [-0.15, -0.1) is 0 Å². The Bertz CT molecular complexity index is 1180. The third-order valence-corrected chi connectivity index (χ3v) is 4.66. The lowest BCUT2D eigenvalue weighted by atomic mass is 10.1. The maximum atomic E-state index is 12.7. The quantitative estimate of drug-likeness (QED) is 0.226. The highest BCUT2D eigenvalue weighted by molar-refractivity contribution is 6.09. The minimum atomic E-state index is -0.509. The molecule has 0 fully saturated rings. The summed E-state index contributed by atoms with van der Waals surface area (Å²) in [5.41, 5.74) is 2.23. The Labute approximate surface area is 199 Å². The molecule has 0 saturated carbocycles. The minimum Gasteiger partial charge on any atom is -0.490 e. The number of benzene rings is 3. The van der Waals surface area contributed by atoms with Crippen molar-refractivity contribution in [1.29, 1.82) is 5.26 Å². The van der Waals surface area contributed by atoms with Crippen LogP contribution in [0.15, 0.2) is 91.0 Å². The van der Waals surface area contributed by atoms with Gasteiger partial charge >= 0.3 is 0 Å². The molecular weight excluding hydrogens is 428 g/mol. The number of rotatable bonds is 11. The van der Waals surface area contributed by atoms with Crippen LogP contribution in [0.3, 0.4) is 0 Å². The molecule has 34 heavy (non-hydrogen) atoms. The summed E-state index contributed by atoms with van der Waals surface area (Å²) < 4.78 is 17.0. The zero-order chi connectivity index (χ0) is 24.2. The van der Waals surface area contributed by atoms with Crippen LogP contribution in [0.1, 0.15) is 18.1 Å². The van der Waals surface area contributed by atoms with E-state index in [1.807, 2.05) is 43.3 Å². The summed E-state index contributed by atoms with van der Waals surface area (Å²) in [5, 5.41) is 12.3. The van der Waals surface area contributed by atoms with Crippen molar-refractivity contribution in [2.24, 2.45) is 0 Å². The molecule has 6 heteroatoms. The molecule has 6 nitrogen and oxygen atoms in total. The topological polar surface area (TPSA) is 80.6 Å². The summed E-state index contributed by atoms with van der Waals surface area (Å²) in [7, 11) is 0. The monoisotopic (exact) mass is 454 g/mol. The van der Waals surface area contributed by atoms with Crippen molar-refractivity contribution < 1.29 is 19.0 Å². The summed E-state index contributed by atoms with van der Waals surface area (Å²) in [6, 6.07) is 24.0. The fraction of sp³-hybridized carbons (Fsp3) is 0.143. The van der Waals surface area contributed by atoms with Crippen LogP contribution in [0, 0.1) is 11.3 Å². The fourth-order valence-corrected chi connectivity index (χ4v) is 3.04. The minimum absolute atomic E-state index is 0.0355. The second-order valence-corrected chi connectivity index (χ2v) is 7.16. The van der Waals surface area contributed by atoms with Gasteiger partial charge in [-0.3, -0.25) is 4.79 Å². The lowest BCUT2D eigenvalue weighted by Crippen LogP contribution is -2.13. The number of ether oxygens (including phenoxy) is 3. The number of nitrogens with one attached hydrogen (secondary N) is 1. The first-order valence-electron chi connectivity index (χ1n) is 10.8. The van der Waals surface area contributed by atoms with Crippen LogP contribution in [0.5, 0.6) is 17.2 Å². The van der Waals surface area contributed by atoms with E-state index >= 15 is 0 Å². The van der Waals surface area contributed by atoms with Crippen molar-refractivity contribution in [2.45, 2.75) is 13.5 Å². The molecule has 1 N–H and O–H groups in total. The fourth-order valence-electron chi connectivity index (χ4n) is 3.04. The summed E-state index contributed by atoms with van der Waals surface area (Å²) in [6.45, 7) is 6.75. The van der Waals surface area contributed by atoms with E-state index in [1.165, 1.54) is 6.08 Å². The first kappa shape index (κ1) is 24.1. The first-order valence-corrected chi connectivity index (χ1v) is 10.8. The van der Waals surface area contributed by atoms with Gasteiger partial charge < -0.3 is 19.5 Å². The average Bonchev–Trinajstić information content (AvgIpc) is 2.87. The number of carbonyl (C=O) groups is 1. The number of carbonyl (C=O) groups excluding carboxylic acids is 1. The Hall–Kier alpha value is -4.50. The smallest absolute Gasteiger partial charge is 0.266 e. The molecule has 0 saturated heterocycles. The molecule has 0 bridgehead atoms. The van der Waals surface area contributed by atoms with E-state index in [2.05, 4.69) is 11.9 Å². The van der Waals surface area contributed by atoms with Crippen LogP contribution in [0.25, 0.3) is 6.08 Å². The van der Waals surface area contributed by atoms with Crippen molar-refractivity contribution in [3.63, 3.8) is 0 Å². The van der Waals surface area contributed by atoms with E-state index in [9.17, 15) is 10.1 Å². The van der Waals surface area contributed by atoms with E-state index in [4.69, 9.17) is 14.2 Å². The highest BCUT2D eigenvalue weighted by atomic mass is 16.5. The van der Waals surface area contributed by atoms with Crippen LogP contribution < -0.4 is 19.5 Å². The zero-order valence-electron chi connectivity index (χ0n) is 19.0. The zero-order valence-corrected chi connectivity index (χ0v) is 19.0. The largest absolute Gasteiger partial charge is 0.490 e. The SMILES string of the molecule is C=CCOc1ccc(/C=C(\C#N)C(=O)Nc2ccc(OCc3ccccc3)cc2)cc1OCC. The number of amides is 1. The number of hydrogen-bond acceptors (Lipinski definition) is 5. The number of nitriles is 1. The molecule has 0 aliphatic carbocycles. The molecule has 0 atom stereocenters. The molecule has 3 rings (SSSR count). The average molecular weight is 455 g/mol. The van der Waals surface area contributed by atoms with Gasteiger partial charge in [-0.1, -0.05) is 49.1 Å². The van der Waals surface area contributed by atoms with Gasteiger partial charge in [0.2, 0.25) is 0 Å². The van der Waals surface area contributed by atoms with Crippen LogP contribution >= 0.6 is 0 Å². The molecule has 0 aromatic heterocycles. The van der Waals surface area contributed by atoms with Gasteiger partial charge in [0, 0.05) is 5.69 Å². The summed E-state index contributed by atoms with van der Waals surface area (Å²) in [6.07, 6.45) is 3.15. The van der Waals surface area contributed by atoms with Crippen molar-refractivity contribution in [3.8, 4) is 23.3 Å². The maximum absolute atomic E-state index is 12.7. The molecule has 0 radical (unpaired) electrons. The molecule has 0 heterocycles. The standard InChI is InChI=1S/C28H26N2O4/c1-3-16-33-26-15-10-22(18-27(26)32-4-2)17-23(19-29)28(31)30-24-11-13-25(14-12-24)34-20-21-8-6-5-7-9-21/h3,5-15,17-18H,1,4,16,20H2,2H3,(H,30,31)/b23-17+. The van der Waals surface area contributed by atoms with Crippen molar-refractivity contribution in [2.75, 3.05) is 18.5 Å². The van der Waals surface area contributed by atoms with Gasteiger partial charge in [0.25, 0.3) is 5.91 Å². The lowest BCUT2D eigenvalue weighted by Gasteiger charge is -2.11. The molecule has 0 aliphatic heterocycles. The van der Waals surface area contributed by atoms with Crippen LogP contribution in [0.2, 0.25) is 0 Å². The molecular formula is C28H26N2O4. The third kappa shape index (κ3) is 7.01. The lowest BCUT2D eigenvalue weighted by molar-refractivity contribution is -0.112. The van der Waals surface area contributed by atoms with Crippen molar-refractivity contribution in [1.82, 2.24) is 0 Å². The Morgan fingerprint density at radius 1 is 1.00 bits per heavy atom. The number of nitrogens with zero attached hydrogens (tertiary/aromatic N) is 1. The van der Waals surface area contributed by atoms with Crippen LogP contribution in [-0.2, 0) is 11.4 Å². The predicted molar refractivity (Wildman–Crippen MR) is 133 cm³/mol. The highest BCUT2D eigenvalue weighted by Crippen LogP contribution is 2.29. The van der Waals surface area contributed by atoms with E-state index in [1.54, 1.807) is 48.5 Å². The second kappa shape index (κ2) is 12.5. The third-order valence-electron chi connectivity index (χ3n) is 4.66. The number of hydrogen-bond donors (Lipinski definition) is 1. The first-order chi connectivity index (χ1) is 16.6. The highest BCUT2D eigenvalue weighted by Gasteiger charge is 2.12. The molecule has 3 aromatic carbocycles. The summed E-state index contributed by atoms with van der Waals surface area (Å²) in [4.78, 5) is 12.7. The Balaban J connectivity index is 1.66. The van der Waals surface area contributed by atoms with Gasteiger partial charge in [-0.2, -0.15) is 5.26 Å². The summed E-state index contributed by atoms with van der Waals surface area (Å²) in [5.74, 6) is 1.27. The van der Waals surface area contributed by atoms with Crippen LogP contribution in [0.4, 0.5) is 5.69 Å². The van der Waals surface area contributed by atoms with E-state index in [0.717, 1.165) is 5.56 Å². The number of anilines is 1. The maximum Gasteiger partial charge on any atom is 0.266 e. The van der Waals surface area contributed by atoms with E-state index in [0.29, 0.717) is 48.3 Å². The van der Waals surface area contributed by atoms with Crippen molar-refractivity contribution >= 4 is 17.7 Å². The summed E-state index contributed by atoms with van der Waals surface area (Å²) >= 11 is 0. The Morgan fingerprint density at radius 3 is 2.44 bits per heavy atom. The molecule has 0 spiro atoms. The van der Waals surface area contributed by atoms with Gasteiger partial charge in [0.05, 0.1) is 6.61 Å². The van der Waals surface area contributed by atoms with Gasteiger partial charge in [-0.05, 0) is 60.5 Å². The second-order valence-electron chi connectivity index (χ2n) is 7.16. The molecule has 0 unspecified atom stereocenters. The molecule has 172 valence electrons. The van der Waals surface area contributed by atoms with E-state index < -0.39 is 5.91 Å². The molecule has 3 aromatic rings. The van der Waals surface area contributed by atoms with Crippen molar-refractivity contribution in [3.05, 3.63) is 102 Å². The van der Waals surface area contributed by atoms with Crippen LogP contribution in [-0.4, -0.2) is 19.1 Å². The van der Waals surface area contributed by atoms with Gasteiger partial charge in [0.15, 0.2) is 11.5 Å². The normalized spacial score (nSPS) is 10.6.